The van der Waals surface area contributed by atoms with Crippen LogP contribution in [0.3, 0.4) is 0 Å². The quantitative estimate of drug-likeness (QED) is 0.0452. The predicted molar refractivity (Wildman–Crippen MR) is 388 cm³/mol. The number of benzene rings is 7. The molecule has 2 N–H and O–H groups in total. The fourth-order valence-electron chi connectivity index (χ4n) is 11.1. The first-order valence-electron chi connectivity index (χ1n) is 33.4. The van der Waals surface area contributed by atoms with Crippen molar-refractivity contribution in [2.75, 3.05) is 148 Å². The second-order valence-electron chi connectivity index (χ2n) is 27.2. The predicted octanol–water partition coefficient (Wildman–Crippen LogP) is -6.96. The Balaban J connectivity index is 0.000000587. The van der Waals surface area contributed by atoms with Gasteiger partial charge >= 0.3 is 0 Å². The molecule has 0 atom stereocenters. The van der Waals surface area contributed by atoms with Crippen molar-refractivity contribution < 1.29 is 129 Å². The van der Waals surface area contributed by atoms with Crippen molar-refractivity contribution in [2.24, 2.45) is 5.73 Å². The molecule has 5 aliphatic heterocycles. The number of hydrogen-bond donors (Lipinski definition) is 1. The molecule has 0 unspecified atom stereocenters. The van der Waals surface area contributed by atoms with Crippen LogP contribution in [0.2, 0.25) is 0 Å². The highest BCUT2D eigenvalue weighted by molar-refractivity contribution is 7.86. The van der Waals surface area contributed by atoms with Crippen LogP contribution in [0.25, 0.3) is 0 Å². The van der Waals surface area contributed by atoms with E-state index in [2.05, 4.69) is 237 Å². The zero-order valence-corrected chi connectivity index (χ0v) is 67.5. The van der Waals surface area contributed by atoms with Gasteiger partial charge in [0.2, 0.25) is 6.54 Å². The molecule has 7 aromatic rings. The van der Waals surface area contributed by atoms with Gasteiger partial charge in [-0.15, -0.1) is 0 Å². The number of hydrogen-bond acceptors (Lipinski definition) is 9. The van der Waals surface area contributed by atoms with Crippen LogP contribution in [0.15, 0.2) is 180 Å². The van der Waals surface area contributed by atoms with E-state index in [1.54, 1.807) is 24.3 Å². The minimum absolute atomic E-state index is 0. The summed E-state index contributed by atoms with van der Waals surface area (Å²) in [5, 5.41) is 8.55. The van der Waals surface area contributed by atoms with Crippen LogP contribution in [0.4, 0.5) is 0 Å². The number of fused-ring (bicyclic) bond motifs is 5. The summed E-state index contributed by atoms with van der Waals surface area (Å²) in [6, 6.07) is 56.7. The largest absolute Gasteiger partial charge is 1.00 e. The second kappa shape index (κ2) is 46.6. The lowest BCUT2D eigenvalue weighted by Gasteiger charge is -2.23. The molecule has 5 aliphatic rings. The minimum Gasteiger partial charge on any atom is -1.00 e. The molecule has 12 rings (SSSR count). The standard InChI is InChI=1S/C15H24N2.C14H22N2.C13H19N2.C11H15N2.C11H11N2.2C7H8O3S.2BrH.3ClH/c1-17(2,3)12-6-10-16-11-9-14-7-4-5-8-15(14)13-16;1-16(2,3)11-10-15-9-8-13-6-4-5-7-14(13)12-15;1-14(2)9-10-15-8-7-12-5-3-4-6-13(12)11-15;2*12-6-8-13-7-5-10-3-1-2-4-11(10)9-13;2*1-6-2-4-7(5-3-6)11(8,9)10;;;;;/h4-5,7-8,13H,6,9-12H2,1-3H3;4-7,12H,8-11H2,1-3H3;3-6,11H,7-10H2,1-2H3;1-4,9H,5-8,12H2;1-4,9H,5,7-8H2;2*2-5H,1H3,(H,8,9,10);5*1H/q2*+2;3*+1;;;;;;;/p-7. The highest BCUT2D eigenvalue weighted by Gasteiger charge is 2.21. The summed E-state index contributed by atoms with van der Waals surface area (Å²) in [6.07, 6.45) is 18.2. The van der Waals surface area contributed by atoms with Crippen molar-refractivity contribution >= 4 is 51.3 Å². The summed E-state index contributed by atoms with van der Waals surface area (Å²) >= 11 is 0. The third kappa shape index (κ3) is 35.3. The fraction of sp³-hybridized carbons (Fsp3) is 0.385. The number of nitriles is 1. The van der Waals surface area contributed by atoms with E-state index in [0.717, 1.165) is 91.8 Å². The van der Waals surface area contributed by atoms with Gasteiger partial charge in [0.25, 0.3) is 0 Å². The van der Waals surface area contributed by atoms with E-state index in [4.69, 9.17) is 11.0 Å². The second-order valence-corrected chi connectivity index (χ2v) is 29.9. The van der Waals surface area contributed by atoms with E-state index in [0.29, 0.717) is 6.54 Å². The summed E-state index contributed by atoms with van der Waals surface area (Å²) in [5.41, 5.74) is 21.5. The third-order valence-corrected chi connectivity index (χ3v) is 18.4. The maximum atomic E-state index is 10.4. The van der Waals surface area contributed by atoms with Crippen LogP contribution >= 0.6 is 0 Å². The maximum absolute atomic E-state index is 10.4. The van der Waals surface area contributed by atoms with E-state index in [-0.39, 0.29) is 81.0 Å². The van der Waals surface area contributed by atoms with Gasteiger partial charge in [0.05, 0.1) is 78.1 Å². The fourth-order valence-corrected chi connectivity index (χ4v) is 12.0. The third-order valence-electron chi connectivity index (χ3n) is 16.7. The molecule has 550 valence electrons. The Morgan fingerprint density at radius 1 is 0.426 bits per heavy atom. The van der Waals surface area contributed by atoms with Crippen molar-refractivity contribution in [3.05, 3.63) is 237 Å². The minimum atomic E-state index is -4.27. The Labute approximate surface area is 644 Å². The molecule has 23 heteroatoms. The van der Waals surface area contributed by atoms with Crippen molar-refractivity contribution in [1.82, 2.24) is 4.90 Å². The molecule has 0 saturated heterocycles. The lowest BCUT2D eigenvalue weighted by Crippen LogP contribution is -3.00. The number of quaternary nitrogens is 2. The average Bonchev–Trinajstić information content (AvgIpc) is 0.871. The van der Waals surface area contributed by atoms with Crippen LogP contribution in [0.1, 0.15) is 73.2 Å². The lowest BCUT2D eigenvalue weighted by atomic mass is 10.0. The number of halogens is 5. The SMILES string of the molecule is CN(C)CC[N+]1=Cc2ccccc2CC1.C[N+](C)(C)CCC[N+]1=Cc2ccccc2CC1.C[N+](C)(C)CC[N+]1=Cc2ccccc2CC1.Cc1ccc(S(=O)(=O)[O-])cc1.Cc1ccc(S(=O)(=O)[O-])cc1.N#CC[N+]1=Cc2ccccc2CC1.NCC[N+]1=Cc2ccccc2CC1.[Br-].[Br-].[Cl-].[Cl-].[Cl-]. The molecule has 5 heterocycles. The van der Waals surface area contributed by atoms with Gasteiger partial charge in [-0.2, -0.15) is 5.26 Å². The average molecular weight is 1610 g/mol. The number of aryl methyl sites for hydroxylation is 2. The van der Waals surface area contributed by atoms with Crippen LogP contribution in [0, 0.1) is 25.2 Å². The summed E-state index contributed by atoms with van der Waals surface area (Å²) < 4.78 is 76.1. The molecule has 0 aliphatic carbocycles. The Morgan fingerprint density at radius 3 is 0.990 bits per heavy atom. The molecule has 0 bridgehead atoms. The summed E-state index contributed by atoms with van der Waals surface area (Å²) in [4.78, 5) is 1.88. The van der Waals surface area contributed by atoms with Crippen molar-refractivity contribution in [1.29, 1.82) is 5.26 Å². The maximum Gasteiger partial charge on any atom is 0.228 e. The van der Waals surface area contributed by atoms with E-state index in [9.17, 15) is 25.9 Å². The first kappa shape index (κ1) is 92.9. The Morgan fingerprint density at radius 2 is 0.703 bits per heavy atom. The molecule has 0 aromatic heterocycles. The zero-order valence-electron chi connectivity index (χ0n) is 60.5. The van der Waals surface area contributed by atoms with Gasteiger partial charge in [0.15, 0.2) is 50.7 Å². The Bertz CT molecular complexity index is 4020. The van der Waals surface area contributed by atoms with Crippen LogP contribution < -0.4 is 76.9 Å². The first-order chi connectivity index (χ1) is 45.6. The van der Waals surface area contributed by atoms with Crippen molar-refractivity contribution in [3.8, 4) is 6.07 Å². The van der Waals surface area contributed by atoms with Crippen LogP contribution in [-0.4, -0.2) is 242 Å². The summed E-state index contributed by atoms with van der Waals surface area (Å²) in [5.74, 6) is 0. The molecular formula is C78H105Br2Cl3N10O6S2. The molecule has 0 spiro atoms. The number of likely N-dealkylation sites (N-methyl/N-ethyl adjacent to an activating group) is 2. The van der Waals surface area contributed by atoms with Gasteiger partial charge in [-0.1, -0.05) is 126 Å². The molecular weight excluding hydrogens is 1500 g/mol. The van der Waals surface area contributed by atoms with Gasteiger partial charge in [0, 0.05) is 59.9 Å². The van der Waals surface area contributed by atoms with Gasteiger partial charge in [0.1, 0.15) is 72.1 Å². The molecule has 101 heavy (non-hydrogen) atoms. The van der Waals surface area contributed by atoms with Gasteiger partial charge in [-0.05, 0) is 110 Å². The number of rotatable bonds is 15. The smallest absolute Gasteiger partial charge is 0.228 e. The van der Waals surface area contributed by atoms with Gasteiger partial charge in [-0.25, -0.2) is 39.7 Å². The van der Waals surface area contributed by atoms with Crippen LogP contribution in [0.5, 0.6) is 0 Å². The number of nitrogens with two attached hydrogens (primary N) is 1. The summed E-state index contributed by atoms with van der Waals surface area (Å²) in [6.45, 7) is 18.4. The normalized spacial score (nSPS) is 13.5. The van der Waals surface area contributed by atoms with Gasteiger partial charge in [-0.3, -0.25) is 0 Å². The number of nitrogens with zero attached hydrogens (tertiary/aromatic N) is 9. The monoisotopic (exact) mass is 1600 g/mol. The molecule has 0 fully saturated rings. The molecule has 16 nitrogen and oxygen atoms in total. The van der Waals surface area contributed by atoms with E-state index >= 15 is 0 Å². The topological polar surface area (TPSA) is 182 Å². The Kier molecular flexibility index (Phi) is 42.8. The highest BCUT2D eigenvalue weighted by Crippen LogP contribution is 2.16. The van der Waals surface area contributed by atoms with Crippen LogP contribution in [-0.2, 0) is 52.3 Å². The zero-order chi connectivity index (χ0) is 69.7. The molecule has 0 amide bonds. The van der Waals surface area contributed by atoms with E-state index in [1.165, 1.54) is 132 Å². The van der Waals surface area contributed by atoms with E-state index in [1.807, 2.05) is 19.9 Å². The highest BCUT2D eigenvalue weighted by atomic mass is 79.9. The lowest BCUT2D eigenvalue weighted by molar-refractivity contribution is -0.878. The molecule has 7 aromatic carbocycles. The van der Waals surface area contributed by atoms with E-state index < -0.39 is 20.2 Å². The van der Waals surface area contributed by atoms with Gasteiger partial charge < -0.3 is 99.9 Å². The van der Waals surface area contributed by atoms with Crippen molar-refractivity contribution in [2.45, 2.75) is 62.2 Å². The Hall–Kier alpha value is -6.13. The molecule has 0 radical (unpaired) electrons. The first-order valence-corrected chi connectivity index (χ1v) is 36.2. The summed E-state index contributed by atoms with van der Waals surface area (Å²) in [7, 11) is 9.23. The molecule has 0 saturated carbocycles. The van der Waals surface area contributed by atoms with Crippen molar-refractivity contribution in [3.63, 3.8) is 0 Å².